The van der Waals surface area contributed by atoms with Crippen molar-refractivity contribution in [2.24, 2.45) is 5.41 Å². The highest BCUT2D eigenvalue weighted by molar-refractivity contribution is 6.34. The molecule has 0 aromatic heterocycles. The Morgan fingerprint density at radius 3 is 2.38 bits per heavy atom. The first-order valence-corrected chi connectivity index (χ1v) is 7.37. The van der Waals surface area contributed by atoms with Gasteiger partial charge in [-0.05, 0) is 23.6 Å². The Bertz CT molecular complexity index is 547. The number of amides is 1. The summed E-state index contributed by atoms with van der Waals surface area (Å²) in [7, 11) is 0. The fourth-order valence-electron chi connectivity index (χ4n) is 1.91. The van der Waals surface area contributed by atoms with Crippen molar-refractivity contribution in [1.29, 1.82) is 0 Å². The number of rotatable bonds is 5. The van der Waals surface area contributed by atoms with Crippen LogP contribution < -0.4 is 5.32 Å². The lowest BCUT2D eigenvalue weighted by Crippen LogP contribution is -2.34. The molecule has 0 radical (unpaired) electrons. The first-order chi connectivity index (χ1) is 9.66. The lowest BCUT2D eigenvalue weighted by Gasteiger charge is -2.18. The van der Waals surface area contributed by atoms with Crippen molar-refractivity contribution in [1.82, 2.24) is 5.32 Å². The average molecular weight is 312 g/mol. The van der Waals surface area contributed by atoms with Crippen molar-refractivity contribution in [3.63, 3.8) is 0 Å². The number of carboxylic acid groups (broad SMARTS) is 1. The van der Waals surface area contributed by atoms with Crippen molar-refractivity contribution < 1.29 is 14.7 Å². The van der Waals surface area contributed by atoms with Crippen LogP contribution in [0, 0.1) is 5.41 Å². The van der Waals surface area contributed by atoms with Crippen LogP contribution in [0.4, 0.5) is 0 Å². The Labute approximate surface area is 130 Å². The fourth-order valence-corrected chi connectivity index (χ4v) is 2.19. The van der Waals surface area contributed by atoms with E-state index in [1.54, 1.807) is 0 Å². The van der Waals surface area contributed by atoms with Gasteiger partial charge in [-0.2, -0.15) is 0 Å². The smallest absolute Gasteiger partial charge is 0.337 e. The molecule has 0 heterocycles. The zero-order chi connectivity index (χ0) is 16.2. The first-order valence-electron chi connectivity index (χ1n) is 6.99. The van der Waals surface area contributed by atoms with Crippen molar-refractivity contribution in [2.75, 3.05) is 0 Å². The van der Waals surface area contributed by atoms with Gasteiger partial charge in [0.25, 0.3) is 0 Å². The van der Waals surface area contributed by atoms with Gasteiger partial charge in [0.2, 0.25) is 5.91 Å². The Morgan fingerprint density at radius 2 is 1.90 bits per heavy atom. The van der Waals surface area contributed by atoms with Crippen molar-refractivity contribution in [3.8, 4) is 0 Å². The molecular weight excluding hydrogens is 290 g/mol. The minimum atomic E-state index is -1.05. The van der Waals surface area contributed by atoms with Crippen LogP contribution in [-0.4, -0.2) is 17.0 Å². The Kier molecular flexibility index (Phi) is 5.78. The van der Waals surface area contributed by atoms with Crippen molar-refractivity contribution in [3.05, 3.63) is 33.8 Å². The third kappa shape index (κ3) is 4.74. The molecule has 1 amide bonds. The van der Waals surface area contributed by atoms with Crippen LogP contribution in [0.5, 0.6) is 0 Å². The van der Waals surface area contributed by atoms with Gasteiger partial charge in [-0.3, -0.25) is 4.79 Å². The molecule has 0 spiro atoms. The lowest BCUT2D eigenvalue weighted by atomic mass is 9.95. The number of halogens is 1. The third-order valence-electron chi connectivity index (χ3n) is 3.09. The van der Waals surface area contributed by atoms with E-state index in [4.69, 9.17) is 11.6 Å². The molecule has 0 saturated heterocycles. The molecular formula is C16H22ClNO3. The number of hydrogen-bond donors (Lipinski definition) is 2. The number of carbonyl (C=O) groups excluding carboxylic acids is 1. The van der Waals surface area contributed by atoms with E-state index in [2.05, 4.69) is 5.32 Å². The molecule has 1 aromatic carbocycles. The summed E-state index contributed by atoms with van der Waals surface area (Å²) >= 11 is 6.12. The number of carbonyl (C=O) groups is 2. The van der Waals surface area contributed by atoms with Gasteiger partial charge in [0.1, 0.15) is 0 Å². The van der Waals surface area contributed by atoms with Crippen LogP contribution >= 0.6 is 11.6 Å². The summed E-state index contributed by atoms with van der Waals surface area (Å²) in [6.45, 7) is 7.79. The number of carboxylic acids is 1. The van der Waals surface area contributed by atoms with E-state index >= 15 is 0 Å². The summed E-state index contributed by atoms with van der Waals surface area (Å²) in [6, 6.07) is 3.38. The molecule has 0 unspecified atom stereocenters. The standard InChI is InChI=1S/C16H22ClNO3/c1-5-6-11-7-10(8-12(13(11)17)14(19)20)9-18-15(21)16(2,3)4/h7-8H,5-6,9H2,1-4H3,(H,18,21)(H,19,20). The predicted molar refractivity (Wildman–Crippen MR) is 83.7 cm³/mol. The molecule has 0 saturated carbocycles. The van der Waals surface area contributed by atoms with Gasteiger partial charge < -0.3 is 10.4 Å². The first kappa shape index (κ1) is 17.5. The molecule has 4 nitrogen and oxygen atoms in total. The number of nitrogens with one attached hydrogen (secondary N) is 1. The maximum atomic E-state index is 11.9. The minimum absolute atomic E-state index is 0.0774. The zero-order valence-corrected chi connectivity index (χ0v) is 13.7. The maximum absolute atomic E-state index is 11.9. The number of aryl methyl sites for hydroxylation is 1. The molecule has 1 aromatic rings. The second kappa shape index (κ2) is 6.94. The molecule has 0 aliphatic heterocycles. The van der Waals surface area contributed by atoms with Crippen LogP contribution in [-0.2, 0) is 17.8 Å². The summed E-state index contributed by atoms with van der Waals surface area (Å²) in [5.41, 5.74) is 1.16. The molecule has 0 bridgehead atoms. The largest absolute Gasteiger partial charge is 0.478 e. The number of benzene rings is 1. The van der Waals surface area contributed by atoms with Gasteiger partial charge >= 0.3 is 5.97 Å². The van der Waals surface area contributed by atoms with E-state index in [1.807, 2.05) is 33.8 Å². The normalized spacial score (nSPS) is 11.3. The topological polar surface area (TPSA) is 66.4 Å². The highest BCUT2D eigenvalue weighted by Crippen LogP contribution is 2.25. The van der Waals surface area contributed by atoms with E-state index in [-0.39, 0.29) is 16.5 Å². The molecule has 0 fully saturated rings. The van der Waals surface area contributed by atoms with Crippen LogP contribution in [0.1, 0.15) is 55.6 Å². The molecule has 0 aliphatic carbocycles. The van der Waals surface area contributed by atoms with Crippen LogP contribution in [0.15, 0.2) is 12.1 Å². The summed E-state index contributed by atoms with van der Waals surface area (Å²) in [6.07, 6.45) is 1.58. The summed E-state index contributed by atoms with van der Waals surface area (Å²) < 4.78 is 0. The van der Waals surface area contributed by atoms with E-state index in [9.17, 15) is 14.7 Å². The summed E-state index contributed by atoms with van der Waals surface area (Å²) in [5.74, 6) is -1.13. The van der Waals surface area contributed by atoms with Gasteiger partial charge in [-0.15, -0.1) is 0 Å². The second-order valence-electron chi connectivity index (χ2n) is 6.10. The van der Waals surface area contributed by atoms with Crippen LogP contribution in [0.2, 0.25) is 5.02 Å². The molecule has 5 heteroatoms. The van der Waals surface area contributed by atoms with E-state index < -0.39 is 11.4 Å². The summed E-state index contributed by atoms with van der Waals surface area (Å²) in [4.78, 5) is 23.1. The van der Waals surface area contributed by atoms with Gasteiger partial charge in [-0.25, -0.2) is 4.79 Å². The van der Waals surface area contributed by atoms with E-state index in [0.29, 0.717) is 13.0 Å². The minimum Gasteiger partial charge on any atom is -0.478 e. The number of hydrogen-bond acceptors (Lipinski definition) is 2. The molecule has 21 heavy (non-hydrogen) atoms. The monoisotopic (exact) mass is 311 g/mol. The predicted octanol–water partition coefficient (Wildman–Crippen LogP) is 3.65. The van der Waals surface area contributed by atoms with Gasteiger partial charge in [-0.1, -0.05) is 51.8 Å². The highest BCUT2D eigenvalue weighted by atomic mass is 35.5. The lowest BCUT2D eigenvalue weighted by molar-refractivity contribution is -0.128. The molecule has 1 rings (SSSR count). The Hall–Kier alpha value is -1.55. The van der Waals surface area contributed by atoms with Crippen molar-refractivity contribution >= 4 is 23.5 Å². The van der Waals surface area contributed by atoms with Gasteiger partial charge in [0.15, 0.2) is 0 Å². The highest BCUT2D eigenvalue weighted by Gasteiger charge is 2.21. The molecule has 2 N–H and O–H groups in total. The molecule has 0 aliphatic rings. The molecule has 0 atom stereocenters. The third-order valence-corrected chi connectivity index (χ3v) is 3.54. The zero-order valence-electron chi connectivity index (χ0n) is 12.9. The summed E-state index contributed by atoms with van der Waals surface area (Å²) in [5, 5.41) is 12.3. The van der Waals surface area contributed by atoms with Crippen LogP contribution in [0.3, 0.4) is 0 Å². The SMILES string of the molecule is CCCc1cc(CNC(=O)C(C)(C)C)cc(C(=O)O)c1Cl. The second-order valence-corrected chi connectivity index (χ2v) is 6.48. The van der Waals surface area contributed by atoms with Gasteiger partial charge in [0, 0.05) is 12.0 Å². The fraction of sp³-hybridized carbons (Fsp3) is 0.500. The van der Waals surface area contributed by atoms with Crippen molar-refractivity contribution in [2.45, 2.75) is 47.1 Å². The number of aromatic carboxylic acids is 1. The maximum Gasteiger partial charge on any atom is 0.337 e. The Balaban J connectivity index is 3.02. The quantitative estimate of drug-likeness (QED) is 0.872. The van der Waals surface area contributed by atoms with Gasteiger partial charge in [0.05, 0.1) is 10.6 Å². The van der Waals surface area contributed by atoms with E-state index in [1.165, 1.54) is 6.07 Å². The average Bonchev–Trinajstić information content (AvgIpc) is 2.37. The van der Waals surface area contributed by atoms with Crippen LogP contribution in [0.25, 0.3) is 0 Å². The molecule has 116 valence electrons. The van der Waals surface area contributed by atoms with E-state index in [0.717, 1.165) is 17.5 Å². The Morgan fingerprint density at radius 1 is 1.29 bits per heavy atom.